The maximum absolute atomic E-state index is 5.59. The Hall–Kier alpha value is -1.62. The molecule has 0 bridgehead atoms. The smallest absolute Gasteiger partial charge is 0.255 e. The molecule has 1 aromatic heterocycles. The van der Waals surface area contributed by atoms with Crippen LogP contribution in [0.4, 0.5) is 5.69 Å². The van der Waals surface area contributed by atoms with Crippen molar-refractivity contribution >= 4 is 17.4 Å². The number of nitrogen functional groups attached to an aromatic ring is 1. The summed E-state index contributed by atoms with van der Waals surface area (Å²) in [6.45, 7) is 2.59. The lowest BCUT2D eigenvalue weighted by molar-refractivity contribution is 0.318. The molecule has 4 nitrogen and oxygen atoms in total. The molecule has 1 aromatic carbocycles. The van der Waals surface area contributed by atoms with E-state index in [9.17, 15) is 0 Å². The number of hydrogen-bond acceptors (Lipinski definition) is 5. The molecule has 18 heavy (non-hydrogen) atoms. The summed E-state index contributed by atoms with van der Waals surface area (Å²) in [5, 5.41) is 0.722. The minimum absolute atomic E-state index is 0.677. The zero-order valence-corrected chi connectivity index (χ0v) is 11.1. The fraction of sp³-hybridized carbons (Fsp3) is 0.308. The van der Waals surface area contributed by atoms with Crippen LogP contribution >= 0.6 is 11.8 Å². The van der Waals surface area contributed by atoms with E-state index >= 15 is 0 Å². The number of ether oxygens (including phenoxy) is 1. The summed E-state index contributed by atoms with van der Waals surface area (Å²) in [6, 6.07) is 7.42. The number of nitrogens with two attached hydrogens (primary N) is 1. The summed E-state index contributed by atoms with van der Waals surface area (Å²) in [4.78, 5) is 4.22. The molecule has 0 radical (unpaired) electrons. The number of thioether (sulfide) groups is 1. The lowest BCUT2D eigenvalue weighted by Gasteiger charge is -2.05. The summed E-state index contributed by atoms with van der Waals surface area (Å²) in [5.74, 6) is 1.77. The third kappa shape index (κ3) is 4.00. The average molecular weight is 264 g/mol. The SMILES string of the molecule is Cc1coc(SCCCOc2ccc(N)cc2)n1. The Morgan fingerprint density at radius 2 is 2.11 bits per heavy atom. The molecule has 1 heterocycles. The van der Waals surface area contributed by atoms with Gasteiger partial charge in [0, 0.05) is 11.4 Å². The number of hydrogen-bond donors (Lipinski definition) is 1. The van der Waals surface area contributed by atoms with Crippen LogP contribution in [0.5, 0.6) is 5.75 Å². The first-order valence-corrected chi connectivity index (χ1v) is 6.76. The van der Waals surface area contributed by atoms with Gasteiger partial charge in [-0.1, -0.05) is 11.8 Å². The van der Waals surface area contributed by atoms with Gasteiger partial charge in [-0.3, -0.25) is 0 Å². The van der Waals surface area contributed by atoms with Crippen LogP contribution in [0.25, 0.3) is 0 Å². The van der Waals surface area contributed by atoms with Crippen molar-refractivity contribution in [2.75, 3.05) is 18.1 Å². The van der Waals surface area contributed by atoms with Gasteiger partial charge < -0.3 is 14.9 Å². The number of nitrogens with zero attached hydrogens (tertiary/aromatic N) is 1. The molecule has 2 aromatic rings. The summed E-state index contributed by atoms with van der Waals surface area (Å²) >= 11 is 1.60. The van der Waals surface area contributed by atoms with Crippen LogP contribution in [0.2, 0.25) is 0 Å². The highest BCUT2D eigenvalue weighted by Gasteiger charge is 2.01. The van der Waals surface area contributed by atoms with Gasteiger partial charge in [0.1, 0.15) is 12.0 Å². The summed E-state index contributed by atoms with van der Waals surface area (Å²) in [6.07, 6.45) is 2.60. The Balaban J connectivity index is 1.63. The largest absolute Gasteiger partial charge is 0.494 e. The van der Waals surface area contributed by atoms with Gasteiger partial charge in [0.15, 0.2) is 0 Å². The fourth-order valence-corrected chi connectivity index (χ4v) is 2.13. The topological polar surface area (TPSA) is 61.3 Å². The zero-order chi connectivity index (χ0) is 12.8. The molecule has 0 spiro atoms. The van der Waals surface area contributed by atoms with Gasteiger partial charge in [-0.25, -0.2) is 4.98 Å². The molecular formula is C13H16N2O2S. The van der Waals surface area contributed by atoms with E-state index in [-0.39, 0.29) is 0 Å². The fourth-order valence-electron chi connectivity index (χ4n) is 1.37. The van der Waals surface area contributed by atoms with Crippen molar-refractivity contribution < 1.29 is 9.15 Å². The van der Waals surface area contributed by atoms with Crippen molar-refractivity contribution in [3.05, 3.63) is 36.2 Å². The molecule has 0 aliphatic heterocycles. The van der Waals surface area contributed by atoms with E-state index in [1.807, 2.05) is 31.2 Å². The van der Waals surface area contributed by atoms with E-state index in [2.05, 4.69) is 4.98 Å². The van der Waals surface area contributed by atoms with E-state index in [4.69, 9.17) is 14.9 Å². The molecule has 0 amide bonds. The van der Waals surface area contributed by atoms with Crippen molar-refractivity contribution in [2.45, 2.75) is 18.6 Å². The Morgan fingerprint density at radius 3 is 2.78 bits per heavy atom. The zero-order valence-electron chi connectivity index (χ0n) is 10.3. The average Bonchev–Trinajstić information content (AvgIpc) is 2.77. The lowest BCUT2D eigenvalue weighted by atomic mass is 10.3. The second-order valence-corrected chi connectivity index (χ2v) is 4.92. The van der Waals surface area contributed by atoms with Crippen molar-refractivity contribution in [1.82, 2.24) is 4.98 Å². The van der Waals surface area contributed by atoms with Crippen LogP contribution in [0.3, 0.4) is 0 Å². The van der Waals surface area contributed by atoms with Crippen LogP contribution in [0.15, 0.2) is 40.2 Å². The Labute approximate surface area is 111 Å². The van der Waals surface area contributed by atoms with E-state index in [1.165, 1.54) is 0 Å². The van der Waals surface area contributed by atoms with Gasteiger partial charge in [0.2, 0.25) is 0 Å². The standard InChI is InChI=1S/C13H16N2O2S/c1-10-9-17-13(15-10)18-8-2-7-16-12-5-3-11(14)4-6-12/h3-6,9H,2,7-8,14H2,1H3. The van der Waals surface area contributed by atoms with Gasteiger partial charge in [-0.05, 0) is 37.6 Å². The Morgan fingerprint density at radius 1 is 1.33 bits per heavy atom. The maximum Gasteiger partial charge on any atom is 0.255 e. The maximum atomic E-state index is 5.59. The first kappa shape index (κ1) is 12.8. The number of oxazole rings is 1. The molecule has 5 heteroatoms. The summed E-state index contributed by atoms with van der Waals surface area (Å²) in [5.41, 5.74) is 7.25. The molecule has 96 valence electrons. The summed E-state index contributed by atoms with van der Waals surface area (Å²) < 4.78 is 10.8. The summed E-state index contributed by atoms with van der Waals surface area (Å²) in [7, 11) is 0. The van der Waals surface area contributed by atoms with Crippen molar-refractivity contribution in [2.24, 2.45) is 0 Å². The third-order valence-electron chi connectivity index (χ3n) is 2.26. The molecule has 0 aliphatic carbocycles. The van der Waals surface area contributed by atoms with Crippen LogP contribution in [-0.4, -0.2) is 17.3 Å². The van der Waals surface area contributed by atoms with Crippen LogP contribution in [-0.2, 0) is 0 Å². The Kier molecular flexibility index (Phi) is 4.52. The molecule has 0 saturated carbocycles. The highest BCUT2D eigenvalue weighted by Crippen LogP contribution is 2.18. The van der Waals surface area contributed by atoms with Crippen molar-refractivity contribution in [1.29, 1.82) is 0 Å². The Bertz CT molecular complexity index is 482. The number of aromatic nitrogens is 1. The second kappa shape index (κ2) is 6.35. The molecule has 0 unspecified atom stereocenters. The predicted octanol–water partition coefficient (Wildman–Crippen LogP) is 3.13. The molecule has 0 saturated heterocycles. The monoisotopic (exact) mass is 264 g/mol. The van der Waals surface area contributed by atoms with Crippen LogP contribution in [0, 0.1) is 6.92 Å². The van der Waals surface area contributed by atoms with Crippen molar-refractivity contribution in [3.63, 3.8) is 0 Å². The van der Waals surface area contributed by atoms with Crippen LogP contribution < -0.4 is 10.5 Å². The first-order chi connectivity index (χ1) is 8.74. The minimum atomic E-state index is 0.677. The van der Waals surface area contributed by atoms with Crippen molar-refractivity contribution in [3.8, 4) is 5.75 Å². The third-order valence-corrected chi connectivity index (χ3v) is 3.19. The molecular weight excluding hydrogens is 248 g/mol. The van der Waals surface area contributed by atoms with Gasteiger partial charge in [-0.2, -0.15) is 0 Å². The minimum Gasteiger partial charge on any atom is -0.494 e. The van der Waals surface area contributed by atoms with E-state index in [1.54, 1.807) is 18.0 Å². The normalized spacial score (nSPS) is 10.5. The molecule has 0 fully saturated rings. The molecule has 0 atom stereocenters. The van der Waals surface area contributed by atoms with Crippen LogP contribution in [0.1, 0.15) is 12.1 Å². The van der Waals surface area contributed by atoms with Gasteiger partial charge in [0.05, 0.1) is 12.3 Å². The van der Waals surface area contributed by atoms with E-state index < -0.39 is 0 Å². The van der Waals surface area contributed by atoms with Gasteiger partial charge in [-0.15, -0.1) is 0 Å². The first-order valence-electron chi connectivity index (χ1n) is 5.77. The molecule has 2 rings (SSSR count). The number of anilines is 1. The highest BCUT2D eigenvalue weighted by atomic mass is 32.2. The number of aryl methyl sites for hydroxylation is 1. The second-order valence-electron chi connectivity index (χ2n) is 3.87. The highest BCUT2D eigenvalue weighted by molar-refractivity contribution is 7.99. The van der Waals surface area contributed by atoms with Gasteiger partial charge in [0.25, 0.3) is 5.22 Å². The lowest BCUT2D eigenvalue weighted by Crippen LogP contribution is -1.98. The van der Waals surface area contributed by atoms with E-state index in [0.717, 1.165) is 34.5 Å². The molecule has 0 aliphatic rings. The number of rotatable bonds is 6. The quantitative estimate of drug-likeness (QED) is 0.493. The molecule has 2 N–H and O–H groups in total. The van der Waals surface area contributed by atoms with E-state index in [0.29, 0.717) is 6.61 Å². The van der Waals surface area contributed by atoms with Gasteiger partial charge >= 0.3 is 0 Å². The number of benzene rings is 1. The predicted molar refractivity (Wildman–Crippen MR) is 72.9 cm³/mol.